The van der Waals surface area contributed by atoms with Crippen LogP contribution in [0.2, 0.25) is 0 Å². The second-order valence-corrected chi connectivity index (χ2v) is 6.69. The molecule has 2 N–H and O–H groups in total. The van der Waals surface area contributed by atoms with Crippen LogP contribution in [0.4, 0.5) is 4.79 Å². The van der Waals surface area contributed by atoms with Gasteiger partial charge in [-0.1, -0.05) is 24.3 Å². The van der Waals surface area contributed by atoms with E-state index in [9.17, 15) is 9.59 Å². The summed E-state index contributed by atoms with van der Waals surface area (Å²) >= 11 is 0. The average molecular weight is 359 g/mol. The molecule has 138 valence electrons. The number of amides is 1. The normalized spacial score (nSPS) is 12.3. The van der Waals surface area contributed by atoms with E-state index in [1.54, 1.807) is 52.0 Å². The molecule has 0 aliphatic heterocycles. The Labute approximate surface area is 150 Å². The summed E-state index contributed by atoms with van der Waals surface area (Å²) in [6, 6.07) is 6.10. The first-order valence-corrected chi connectivity index (χ1v) is 8.00. The van der Waals surface area contributed by atoms with Crippen molar-refractivity contribution < 1.29 is 19.4 Å². The van der Waals surface area contributed by atoms with Crippen LogP contribution in [-0.4, -0.2) is 43.2 Å². The lowest BCUT2D eigenvalue weighted by atomic mass is 10.0. The van der Waals surface area contributed by atoms with Crippen LogP contribution in [0, 0.1) is 6.92 Å². The molecule has 1 unspecified atom stereocenters. The van der Waals surface area contributed by atoms with Gasteiger partial charge in [-0.15, -0.1) is 20.4 Å². The van der Waals surface area contributed by atoms with Crippen LogP contribution in [0.25, 0.3) is 11.4 Å². The molecule has 1 amide bonds. The van der Waals surface area contributed by atoms with Crippen LogP contribution in [-0.2, 0) is 9.53 Å². The highest BCUT2D eigenvalue weighted by Crippen LogP contribution is 2.21. The Hall–Kier alpha value is -3.10. The predicted molar refractivity (Wildman–Crippen MR) is 92.2 cm³/mol. The average Bonchev–Trinajstić information content (AvgIpc) is 2.53. The number of hydrogen-bond donors (Lipinski definition) is 2. The maximum absolute atomic E-state index is 12.0. The summed E-state index contributed by atoms with van der Waals surface area (Å²) in [6.45, 7) is 6.89. The van der Waals surface area contributed by atoms with E-state index in [1.165, 1.54) is 0 Å². The van der Waals surface area contributed by atoms with E-state index in [0.717, 1.165) is 0 Å². The largest absolute Gasteiger partial charge is 0.481 e. The Bertz CT molecular complexity index is 769. The van der Waals surface area contributed by atoms with Gasteiger partial charge in [0.25, 0.3) is 0 Å². The van der Waals surface area contributed by atoms with E-state index >= 15 is 0 Å². The highest BCUT2D eigenvalue weighted by molar-refractivity contribution is 5.72. The van der Waals surface area contributed by atoms with Gasteiger partial charge in [0.05, 0.1) is 12.5 Å². The number of nitrogens with zero attached hydrogens (tertiary/aromatic N) is 4. The Morgan fingerprint density at radius 2 is 1.69 bits per heavy atom. The van der Waals surface area contributed by atoms with Gasteiger partial charge in [0.2, 0.25) is 5.82 Å². The first-order valence-electron chi connectivity index (χ1n) is 8.00. The van der Waals surface area contributed by atoms with Crippen LogP contribution in [0.1, 0.15) is 44.6 Å². The van der Waals surface area contributed by atoms with Gasteiger partial charge < -0.3 is 15.2 Å². The minimum absolute atomic E-state index is 0.275. The van der Waals surface area contributed by atoms with E-state index in [1.807, 2.05) is 0 Å². The highest BCUT2D eigenvalue weighted by atomic mass is 16.6. The Kier molecular flexibility index (Phi) is 5.81. The van der Waals surface area contributed by atoms with E-state index in [0.29, 0.717) is 22.8 Å². The number of hydrogen-bond acceptors (Lipinski definition) is 7. The van der Waals surface area contributed by atoms with Crippen LogP contribution in [0.5, 0.6) is 0 Å². The molecule has 0 radical (unpaired) electrons. The zero-order valence-corrected chi connectivity index (χ0v) is 15.1. The lowest BCUT2D eigenvalue weighted by Crippen LogP contribution is -2.35. The maximum Gasteiger partial charge on any atom is 0.408 e. The van der Waals surface area contributed by atoms with E-state index in [-0.39, 0.29) is 6.42 Å². The maximum atomic E-state index is 12.0. The number of ether oxygens (including phenoxy) is 1. The van der Waals surface area contributed by atoms with Gasteiger partial charge in [-0.05, 0) is 33.3 Å². The summed E-state index contributed by atoms with van der Waals surface area (Å²) in [4.78, 5) is 23.1. The summed E-state index contributed by atoms with van der Waals surface area (Å²) in [5, 5.41) is 27.3. The van der Waals surface area contributed by atoms with Crippen LogP contribution in [0.15, 0.2) is 24.3 Å². The molecule has 0 bridgehead atoms. The fraction of sp³-hybridized carbons (Fsp3) is 0.412. The lowest BCUT2D eigenvalue weighted by Gasteiger charge is -2.23. The van der Waals surface area contributed by atoms with Gasteiger partial charge in [-0.25, -0.2) is 4.79 Å². The number of carboxylic acid groups (broad SMARTS) is 1. The van der Waals surface area contributed by atoms with Crippen molar-refractivity contribution in [3.05, 3.63) is 35.7 Å². The summed E-state index contributed by atoms with van der Waals surface area (Å²) < 4.78 is 5.20. The highest BCUT2D eigenvalue weighted by Gasteiger charge is 2.22. The van der Waals surface area contributed by atoms with Crippen molar-refractivity contribution in [3.63, 3.8) is 0 Å². The molecule has 0 fully saturated rings. The first-order chi connectivity index (χ1) is 12.1. The van der Waals surface area contributed by atoms with Gasteiger partial charge in [-0.2, -0.15) is 0 Å². The zero-order chi connectivity index (χ0) is 19.3. The van der Waals surface area contributed by atoms with Gasteiger partial charge in [0, 0.05) is 5.56 Å². The molecule has 1 aromatic carbocycles. The summed E-state index contributed by atoms with van der Waals surface area (Å²) in [7, 11) is 0. The standard InChI is InChI=1S/C17H21N5O4/c1-10-19-21-15(22-20-10)12-7-5-11(6-8-12)13(9-14(23)24)18-16(25)26-17(2,3)4/h5-8,13H,9H2,1-4H3,(H,18,25)(H,23,24). The predicted octanol–water partition coefficient (Wildman–Crippen LogP) is 2.28. The van der Waals surface area contributed by atoms with Crippen molar-refractivity contribution in [1.29, 1.82) is 0 Å². The van der Waals surface area contributed by atoms with Crippen molar-refractivity contribution in [2.24, 2.45) is 0 Å². The molecule has 0 spiro atoms. The number of alkyl carbamates (subject to hydrolysis) is 1. The minimum atomic E-state index is -1.04. The second-order valence-electron chi connectivity index (χ2n) is 6.69. The number of aryl methyl sites for hydroxylation is 1. The summed E-state index contributed by atoms with van der Waals surface area (Å²) in [6.07, 6.45) is -0.953. The molecule has 0 saturated carbocycles. The van der Waals surface area contributed by atoms with Gasteiger partial charge >= 0.3 is 12.1 Å². The molecule has 2 rings (SSSR count). The molecule has 9 nitrogen and oxygen atoms in total. The molecule has 0 saturated heterocycles. The number of aromatic nitrogens is 4. The van der Waals surface area contributed by atoms with Crippen LogP contribution >= 0.6 is 0 Å². The molecule has 1 heterocycles. The van der Waals surface area contributed by atoms with E-state index in [2.05, 4.69) is 25.7 Å². The van der Waals surface area contributed by atoms with E-state index in [4.69, 9.17) is 9.84 Å². The third-order valence-electron chi connectivity index (χ3n) is 3.22. The van der Waals surface area contributed by atoms with Gasteiger partial charge in [-0.3, -0.25) is 4.79 Å². The Morgan fingerprint density at radius 3 is 2.19 bits per heavy atom. The SMILES string of the molecule is Cc1nnc(-c2ccc(C(CC(=O)O)NC(=O)OC(C)(C)C)cc2)nn1. The third-order valence-corrected chi connectivity index (χ3v) is 3.22. The monoisotopic (exact) mass is 359 g/mol. The number of aliphatic carboxylic acids is 1. The number of benzene rings is 1. The van der Waals surface area contributed by atoms with Crippen LogP contribution in [0.3, 0.4) is 0 Å². The summed E-state index contributed by atoms with van der Waals surface area (Å²) in [5.41, 5.74) is 0.625. The Morgan fingerprint density at radius 1 is 1.12 bits per heavy atom. The van der Waals surface area contributed by atoms with Crippen LogP contribution < -0.4 is 5.32 Å². The van der Waals surface area contributed by atoms with Crippen molar-refractivity contribution in [2.45, 2.75) is 45.8 Å². The number of carbonyl (C=O) groups excluding carboxylic acids is 1. The number of rotatable bonds is 5. The molecule has 1 aromatic heterocycles. The first kappa shape index (κ1) is 19.2. The molecule has 9 heteroatoms. The van der Waals surface area contributed by atoms with Crippen molar-refractivity contribution in [1.82, 2.24) is 25.7 Å². The topological polar surface area (TPSA) is 127 Å². The fourth-order valence-corrected chi connectivity index (χ4v) is 2.14. The van der Waals surface area contributed by atoms with Gasteiger partial charge in [0.15, 0.2) is 5.82 Å². The minimum Gasteiger partial charge on any atom is -0.481 e. The number of carboxylic acids is 1. The fourth-order valence-electron chi connectivity index (χ4n) is 2.14. The molecule has 1 atom stereocenters. The number of nitrogens with one attached hydrogen (secondary N) is 1. The van der Waals surface area contributed by atoms with Crippen molar-refractivity contribution >= 4 is 12.1 Å². The molecule has 2 aromatic rings. The third kappa shape index (κ3) is 5.76. The molecule has 0 aliphatic carbocycles. The summed E-state index contributed by atoms with van der Waals surface area (Å²) in [5.74, 6) is -0.212. The van der Waals surface area contributed by atoms with Crippen molar-refractivity contribution in [3.8, 4) is 11.4 Å². The molecular weight excluding hydrogens is 338 g/mol. The molecule has 26 heavy (non-hydrogen) atoms. The second kappa shape index (κ2) is 7.85. The smallest absolute Gasteiger partial charge is 0.408 e. The van der Waals surface area contributed by atoms with E-state index < -0.39 is 23.7 Å². The van der Waals surface area contributed by atoms with Crippen molar-refractivity contribution in [2.75, 3.05) is 0 Å². The Balaban J connectivity index is 2.18. The number of carbonyl (C=O) groups is 2. The lowest BCUT2D eigenvalue weighted by molar-refractivity contribution is -0.137. The molecule has 0 aliphatic rings. The molecular formula is C17H21N5O4. The zero-order valence-electron chi connectivity index (χ0n) is 15.1. The quantitative estimate of drug-likeness (QED) is 0.832. The van der Waals surface area contributed by atoms with Gasteiger partial charge in [0.1, 0.15) is 5.60 Å².